The summed E-state index contributed by atoms with van der Waals surface area (Å²) in [7, 11) is 0. The van der Waals surface area contributed by atoms with Crippen molar-refractivity contribution in [3.63, 3.8) is 0 Å². The quantitative estimate of drug-likeness (QED) is 0.842. The first-order valence-electron chi connectivity index (χ1n) is 6.83. The van der Waals surface area contributed by atoms with Crippen LogP contribution in [-0.4, -0.2) is 11.7 Å². The standard InChI is InChI=1S/C17H20ClNO/c1-12(2)13-6-8-14(9-7-13)17(11-20)19-16-5-3-4-15(18)10-16/h3-10,12,17,19-20H,11H2,1-2H3. The maximum Gasteiger partial charge on any atom is 0.0745 e. The maximum absolute atomic E-state index is 9.59. The van der Waals surface area contributed by atoms with Crippen LogP contribution in [0.5, 0.6) is 0 Å². The normalized spacial score (nSPS) is 12.4. The Kier molecular flexibility index (Phi) is 5.05. The molecule has 0 aromatic heterocycles. The fraction of sp³-hybridized carbons (Fsp3) is 0.294. The fourth-order valence-corrected chi connectivity index (χ4v) is 2.32. The summed E-state index contributed by atoms with van der Waals surface area (Å²) in [4.78, 5) is 0. The number of aliphatic hydroxyl groups is 1. The van der Waals surface area contributed by atoms with E-state index in [0.29, 0.717) is 10.9 Å². The van der Waals surface area contributed by atoms with Gasteiger partial charge in [-0.3, -0.25) is 0 Å². The predicted octanol–water partition coefficient (Wildman–Crippen LogP) is 4.61. The van der Waals surface area contributed by atoms with E-state index in [1.54, 1.807) is 0 Å². The van der Waals surface area contributed by atoms with Crippen LogP contribution in [-0.2, 0) is 0 Å². The summed E-state index contributed by atoms with van der Waals surface area (Å²) in [6.07, 6.45) is 0. The molecule has 2 N–H and O–H groups in total. The molecular weight excluding hydrogens is 270 g/mol. The Balaban J connectivity index is 2.15. The molecule has 1 unspecified atom stereocenters. The van der Waals surface area contributed by atoms with Gasteiger partial charge in [-0.2, -0.15) is 0 Å². The van der Waals surface area contributed by atoms with E-state index in [9.17, 15) is 5.11 Å². The maximum atomic E-state index is 9.59. The van der Waals surface area contributed by atoms with Gasteiger partial charge < -0.3 is 10.4 Å². The van der Waals surface area contributed by atoms with E-state index in [1.807, 2.05) is 24.3 Å². The number of nitrogens with one attached hydrogen (secondary N) is 1. The van der Waals surface area contributed by atoms with Crippen LogP contribution < -0.4 is 5.32 Å². The highest BCUT2D eigenvalue weighted by Crippen LogP contribution is 2.23. The molecule has 2 rings (SSSR count). The van der Waals surface area contributed by atoms with Crippen molar-refractivity contribution in [1.82, 2.24) is 0 Å². The smallest absolute Gasteiger partial charge is 0.0745 e. The van der Waals surface area contributed by atoms with Gasteiger partial charge in [-0.1, -0.05) is 55.8 Å². The van der Waals surface area contributed by atoms with Crippen molar-refractivity contribution in [3.05, 3.63) is 64.7 Å². The van der Waals surface area contributed by atoms with Gasteiger partial charge in [0.1, 0.15) is 0 Å². The van der Waals surface area contributed by atoms with Crippen LogP contribution in [0.3, 0.4) is 0 Å². The van der Waals surface area contributed by atoms with E-state index in [1.165, 1.54) is 5.56 Å². The second kappa shape index (κ2) is 6.78. The summed E-state index contributed by atoms with van der Waals surface area (Å²) in [5.74, 6) is 0.512. The predicted molar refractivity (Wildman–Crippen MR) is 85.4 cm³/mol. The van der Waals surface area contributed by atoms with E-state index in [4.69, 9.17) is 11.6 Å². The molecule has 0 saturated heterocycles. The van der Waals surface area contributed by atoms with Crippen molar-refractivity contribution < 1.29 is 5.11 Å². The zero-order valence-electron chi connectivity index (χ0n) is 11.8. The molecule has 0 aliphatic carbocycles. The summed E-state index contributed by atoms with van der Waals surface area (Å²) >= 11 is 5.97. The number of anilines is 1. The third-order valence-electron chi connectivity index (χ3n) is 3.35. The van der Waals surface area contributed by atoms with Crippen molar-refractivity contribution >= 4 is 17.3 Å². The third-order valence-corrected chi connectivity index (χ3v) is 3.59. The zero-order valence-corrected chi connectivity index (χ0v) is 12.6. The lowest BCUT2D eigenvalue weighted by Gasteiger charge is -2.19. The van der Waals surface area contributed by atoms with E-state index >= 15 is 0 Å². The minimum atomic E-state index is -0.130. The average molecular weight is 290 g/mol. The first-order chi connectivity index (χ1) is 9.60. The number of benzene rings is 2. The van der Waals surface area contributed by atoms with Gasteiger partial charge in [0.2, 0.25) is 0 Å². The highest BCUT2D eigenvalue weighted by molar-refractivity contribution is 6.30. The van der Waals surface area contributed by atoms with Crippen molar-refractivity contribution in [2.24, 2.45) is 0 Å². The Morgan fingerprint density at radius 3 is 2.25 bits per heavy atom. The summed E-state index contributed by atoms with van der Waals surface area (Å²) in [6.45, 7) is 4.37. The van der Waals surface area contributed by atoms with Crippen molar-refractivity contribution in [3.8, 4) is 0 Å². The van der Waals surface area contributed by atoms with Crippen LogP contribution in [0, 0.1) is 0 Å². The monoisotopic (exact) mass is 289 g/mol. The largest absolute Gasteiger partial charge is 0.394 e. The number of rotatable bonds is 5. The van der Waals surface area contributed by atoms with Crippen LogP contribution in [0.25, 0.3) is 0 Å². The Bertz CT molecular complexity index is 551. The molecule has 106 valence electrons. The Labute approximate surface area is 125 Å². The summed E-state index contributed by atoms with van der Waals surface area (Å²) in [5, 5.41) is 13.6. The molecule has 2 nitrogen and oxygen atoms in total. The molecule has 20 heavy (non-hydrogen) atoms. The van der Waals surface area contributed by atoms with Gasteiger partial charge in [0, 0.05) is 10.7 Å². The zero-order chi connectivity index (χ0) is 14.5. The second-order valence-corrected chi connectivity index (χ2v) is 5.65. The molecule has 3 heteroatoms. The van der Waals surface area contributed by atoms with E-state index in [0.717, 1.165) is 11.3 Å². The minimum absolute atomic E-state index is 0.0353. The minimum Gasteiger partial charge on any atom is -0.394 e. The molecular formula is C17H20ClNO. The lowest BCUT2D eigenvalue weighted by molar-refractivity contribution is 0.276. The number of hydrogen-bond acceptors (Lipinski definition) is 2. The molecule has 1 atom stereocenters. The lowest BCUT2D eigenvalue weighted by atomic mass is 9.99. The SMILES string of the molecule is CC(C)c1ccc(C(CO)Nc2cccc(Cl)c2)cc1. The first-order valence-corrected chi connectivity index (χ1v) is 7.20. The van der Waals surface area contributed by atoms with Gasteiger partial charge in [-0.25, -0.2) is 0 Å². The van der Waals surface area contributed by atoms with Crippen LogP contribution in [0.2, 0.25) is 5.02 Å². The fourth-order valence-electron chi connectivity index (χ4n) is 2.13. The van der Waals surface area contributed by atoms with Gasteiger partial charge in [0.05, 0.1) is 12.6 Å². The third kappa shape index (κ3) is 3.75. The van der Waals surface area contributed by atoms with E-state index < -0.39 is 0 Å². The molecule has 0 spiro atoms. The molecule has 2 aromatic carbocycles. The van der Waals surface area contributed by atoms with Crippen LogP contribution >= 0.6 is 11.6 Å². The van der Waals surface area contributed by atoms with Gasteiger partial charge >= 0.3 is 0 Å². The van der Waals surface area contributed by atoms with Crippen LogP contribution in [0.1, 0.15) is 36.9 Å². The van der Waals surface area contributed by atoms with Crippen molar-refractivity contribution in [1.29, 1.82) is 0 Å². The highest BCUT2D eigenvalue weighted by atomic mass is 35.5. The number of hydrogen-bond donors (Lipinski definition) is 2. The van der Waals surface area contributed by atoms with Gasteiger partial charge in [0.25, 0.3) is 0 Å². The van der Waals surface area contributed by atoms with Gasteiger partial charge in [-0.15, -0.1) is 0 Å². The Hall–Kier alpha value is -1.51. The molecule has 0 radical (unpaired) electrons. The van der Waals surface area contributed by atoms with Crippen LogP contribution in [0.4, 0.5) is 5.69 Å². The van der Waals surface area contributed by atoms with Crippen LogP contribution in [0.15, 0.2) is 48.5 Å². The van der Waals surface area contributed by atoms with Gasteiger partial charge in [0.15, 0.2) is 0 Å². The molecule has 0 heterocycles. The summed E-state index contributed by atoms with van der Waals surface area (Å²) in [5.41, 5.74) is 3.27. The lowest BCUT2D eigenvalue weighted by Crippen LogP contribution is -2.14. The second-order valence-electron chi connectivity index (χ2n) is 5.21. The van der Waals surface area contributed by atoms with Gasteiger partial charge in [-0.05, 0) is 35.2 Å². The summed E-state index contributed by atoms with van der Waals surface area (Å²) in [6, 6.07) is 15.7. The van der Waals surface area contributed by atoms with E-state index in [2.05, 4.69) is 43.4 Å². The molecule has 0 amide bonds. The molecule has 0 saturated carbocycles. The van der Waals surface area contributed by atoms with E-state index in [-0.39, 0.29) is 12.6 Å². The topological polar surface area (TPSA) is 32.3 Å². The molecule has 0 aliphatic rings. The van der Waals surface area contributed by atoms with Crippen molar-refractivity contribution in [2.75, 3.05) is 11.9 Å². The average Bonchev–Trinajstić information content (AvgIpc) is 2.45. The number of halogens is 1. The Morgan fingerprint density at radius 1 is 1.05 bits per heavy atom. The molecule has 0 bridgehead atoms. The first kappa shape index (κ1) is 14.9. The molecule has 0 fully saturated rings. The van der Waals surface area contributed by atoms with Crippen molar-refractivity contribution in [2.45, 2.75) is 25.8 Å². The highest BCUT2D eigenvalue weighted by Gasteiger charge is 2.10. The Morgan fingerprint density at radius 2 is 1.70 bits per heavy atom. The molecule has 0 aliphatic heterocycles. The summed E-state index contributed by atoms with van der Waals surface area (Å²) < 4.78 is 0. The molecule has 2 aromatic rings. The number of aliphatic hydroxyl groups excluding tert-OH is 1.